The highest BCUT2D eigenvalue weighted by atomic mass is 35.5. The zero-order chi connectivity index (χ0) is 12.1. The second kappa shape index (κ2) is 5.82. The number of carbonyl (C=O) groups is 1. The molecule has 0 unspecified atom stereocenters. The molecule has 0 radical (unpaired) electrons. The van der Waals surface area contributed by atoms with Gasteiger partial charge in [0.25, 0.3) is 5.91 Å². The summed E-state index contributed by atoms with van der Waals surface area (Å²) in [4.78, 5) is 17.5. The van der Waals surface area contributed by atoms with Crippen molar-refractivity contribution in [1.29, 1.82) is 0 Å². The van der Waals surface area contributed by atoms with E-state index in [-0.39, 0.29) is 23.7 Å². The van der Waals surface area contributed by atoms with Gasteiger partial charge in [0.15, 0.2) is 0 Å². The summed E-state index contributed by atoms with van der Waals surface area (Å²) in [5, 5.41) is 9.10. The van der Waals surface area contributed by atoms with Gasteiger partial charge >= 0.3 is 0 Å². The topological polar surface area (TPSA) is 53.4 Å². The van der Waals surface area contributed by atoms with Crippen molar-refractivity contribution in [2.45, 2.75) is 19.9 Å². The van der Waals surface area contributed by atoms with E-state index in [2.05, 4.69) is 4.98 Å². The molecule has 0 bridgehead atoms. The zero-order valence-corrected chi connectivity index (χ0v) is 10.1. The molecule has 0 fully saturated rings. The average molecular weight is 243 g/mol. The Morgan fingerprint density at radius 3 is 2.81 bits per heavy atom. The maximum Gasteiger partial charge on any atom is 0.257 e. The van der Waals surface area contributed by atoms with E-state index in [1.807, 2.05) is 13.8 Å². The molecule has 16 heavy (non-hydrogen) atoms. The van der Waals surface area contributed by atoms with Crippen molar-refractivity contribution in [3.05, 3.63) is 29.0 Å². The molecule has 88 valence electrons. The predicted molar refractivity (Wildman–Crippen MR) is 62.5 cm³/mol. The summed E-state index contributed by atoms with van der Waals surface area (Å²) in [7, 11) is 0. The molecule has 0 aromatic carbocycles. The summed E-state index contributed by atoms with van der Waals surface area (Å²) in [6.07, 6.45) is 1.53. The van der Waals surface area contributed by atoms with Gasteiger partial charge in [0.05, 0.1) is 12.2 Å². The molecule has 0 saturated carbocycles. The lowest BCUT2D eigenvalue weighted by Gasteiger charge is -2.26. The molecule has 1 aromatic heterocycles. The van der Waals surface area contributed by atoms with E-state index in [4.69, 9.17) is 16.7 Å². The highest BCUT2D eigenvalue weighted by molar-refractivity contribution is 6.32. The monoisotopic (exact) mass is 242 g/mol. The van der Waals surface area contributed by atoms with Gasteiger partial charge in [-0.2, -0.15) is 0 Å². The summed E-state index contributed by atoms with van der Waals surface area (Å²) in [5.74, 6) is -0.206. The maximum absolute atomic E-state index is 12.1. The molecule has 1 rings (SSSR count). The number of halogens is 1. The highest BCUT2D eigenvalue weighted by Crippen LogP contribution is 2.15. The Morgan fingerprint density at radius 1 is 1.62 bits per heavy atom. The Bertz CT molecular complexity index is 369. The van der Waals surface area contributed by atoms with Crippen LogP contribution in [0.3, 0.4) is 0 Å². The van der Waals surface area contributed by atoms with Gasteiger partial charge in [0, 0.05) is 18.8 Å². The van der Waals surface area contributed by atoms with Gasteiger partial charge in [-0.25, -0.2) is 4.98 Å². The minimum atomic E-state index is -0.206. The minimum absolute atomic E-state index is 0.0101. The molecule has 1 amide bonds. The quantitative estimate of drug-likeness (QED) is 0.816. The van der Waals surface area contributed by atoms with Crippen LogP contribution < -0.4 is 0 Å². The SMILES string of the molecule is CC(C)N(CCO)C(=O)c1cccnc1Cl. The van der Waals surface area contributed by atoms with E-state index < -0.39 is 0 Å². The van der Waals surface area contributed by atoms with Gasteiger partial charge in [-0.15, -0.1) is 0 Å². The Labute approximate surface area is 99.9 Å². The highest BCUT2D eigenvalue weighted by Gasteiger charge is 2.20. The van der Waals surface area contributed by atoms with Crippen LogP contribution in [0.4, 0.5) is 0 Å². The molecule has 0 atom stereocenters. The standard InChI is InChI=1S/C11H15ClN2O2/c1-8(2)14(6-7-15)11(16)9-4-3-5-13-10(9)12/h3-5,8,15H,6-7H2,1-2H3. The fourth-order valence-corrected chi connectivity index (χ4v) is 1.60. The first-order valence-electron chi connectivity index (χ1n) is 5.10. The molecular weight excluding hydrogens is 228 g/mol. The van der Waals surface area contributed by atoms with Crippen LogP contribution in [0.1, 0.15) is 24.2 Å². The van der Waals surface area contributed by atoms with Crippen LogP contribution in [0.25, 0.3) is 0 Å². The van der Waals surface area contributed by atoms with Crippen molar-refractivity contribution in [2.24, 2.45) is 0 Å². The van der Waals surface area contributed by atoms with Gasteiger partial charge in [-0.1, -0.05) is 11.6 Å². The van der Waals surface area contributed by atoms with Crippen molar-refractivity contribution in [3.8, 4) is 0 Å². The summed E-state index contributed by atoms with van der Waals surface area (Å²) >= 11 is 5.85. The van der Waals surface area contributed by atoms with Crippen LogP contribution >= 0.6 is 11.6 Å². The maximum atomic E-state index is 12.1. The molecule has 0 aliphatic heterocycles. The smallest absolute Gasteiger partial charge is 0.257 e. The third-order valence-electron chi connectivity index (χ3n) is 2.21. The molecule has 1 N–H and O–H groups in total. The van der Waals surface area contributed by atoms with E-state index in [0.717, 1.165) is 0 Å². The molecule has 0 spiro atoms. The van der Waals surface area contributed by atoms with Crippen LogP contribution in [0.2, 0.25) is 5.15 Å². The summed E-state index contributed by atoms with van der Waals surface area (Å²) in [6.45, 7) is 4.00. The van der Waals surface area contributed by atoms with Crippen LogP contribution in [0.15, 0.2) is 18.3 Å². The van der Waals surface area contributed by atoms with Gasteiger partial charge in [0.2, 0.25) is 0 Å². The first-order chi connectivity index (χ1) is 7.57. The molecular formula is C11H15ClN2O2. The van der Waals surface area contributed by atoms with Gasteiger partial charge in [-0.05, 0) is 26.0 Å². The average Bonchev–Trinajstić information content (AvgIpc) is 2.25. The molecule has 5 heteroatoms. The van der Waals surface area contributed by atoms with Gasteiger partial charge in [0.1, 0.15) is 5.15 Å². The molecule has 4 nitrogen and oxygen atoms in total. The fourth-order valence-electron chi connectivity index (χ4n) is 1.40. The van der Waals surface area contributed by atoms with Crippen molar-refractivity contribution in [2.75, 3.05) is 13.2 Å². The second-order valence-corrected chi connectivity index (χ2v) is 4.02. The lowest BCUT2D eigenvalue weighted by Crippen LogP contribution is -2.39. The number of aromatic nitrogens is 1. The second-order valence-electron chi connectivity index (χ2n) is 3.66. The third kappa shape index (κ3) is 2.93. The third-order valence-corrected chi connectivity index (χ3v) is 2.52. The van der Waals surface area contributed by atoms with Crippen LogP contribution in [-0.4, -0.2) is 40.1 Å². The number of aliphatic hydroxyl groups excluding tert-OH is 1. The number of amides is 1. The Balaban J connectivity index is 2.95. The van der Waals surface area contributed by atoms with Crippen LogP contribution in [0.5, 0.6) is 0 Å². The van der Waals surface area contributed by atoms with Crippen LogP contribution in [0, 0.1) is 0 Å². The van der Waals surface area contributed by atoms with Crippen LogP contribution in [-0.2, 0) is 0 Å². The zero-order valence-electron chi connectivity index (χ0n) is 9.35. The summed E-state index contributed by atoms with van der Waals surface area (Å²) in [6, 6.07) is 3.30. The van der Waals surface area contributed by atoms with Crippen molar-refractivity contribution in [3.63, 3.8) is 0 Å². The molecule has 0 saturated heterocycles. The largest absolute Gasteiger partial charge is 0.395 e. The molecule has 0 aliphatic carbocycles. The Kier molecular flexibility index (Phi) is 4.71. The van der Waals surface area contributed by atoms with Gasteiger partial charge in [-0.3, -0.25) is 4.79 Å². The van der Waals surface area contributed by atoms with E-state index in [9.17, 15) is 4.79 Å². The first-order valence-corrected chi connectivity index (χ1v) is 5.48. The van der Waals surface area contributed by atoms with Crippen molar-refractivity contribution < 1.29 is 9.90 Å². The lowest BCUT2D eigenvalue weighted by atomic mass is 10.2. The molecule has 1 heterocycles. The number of hydrogen-bond donors (Lipinski definition) is 1. The predicted octanol–water partition coefficient (Wildman–Crippen LogP) is 1.58. The number of aliphatic hydroxyl groups is 1. The lowest BCUT2D eigenvalue weighted by molar-refractivity contribution is 0.0665. The molecule has 1 aromatic rings. The number of rotatable bonds is 4. The fraction of sp³-hybridized carbons (Fsp3) is 0.455. The number of hydrogen-bond acceptors (Lipinski definition) is 3. The van der Waals surface area contributed by atoms with E-state index >= 15 is 0 Å². The summed E-state index contributed by atoms with van der Waals surface area (Å²) in [5.41, 5.74) is 0.367. The van der Waals surface area contributed by atoms with Crippen molar-refractivity contribution >= 4 is 17.5 Å². The van der Waals surface area contributed by atoms with E-state index in [1.54, 1.807) is 17.0 Å². The number of nitrogens with zero attached hydrogens (tertiary/aromatic N) is 2. The Morgan fingerprint density at radius 2 is 2.31 bits per heavy atom. The first kappa shape index (κ1) is 12.9. The summed E-state index contributed by atoms with van der Waals surface area (Å²) < 4.78 is 0. The van der Waals surface area contributed by atoms with E-state index in [0.29, 0.717) is 12.1 Å². The minimum Gasteiger partial charge on any atom is -0.395 e. The Hall–Kier alpha value is -1.13. The number of carbonyl (C=O) groups excluding carboxylic acids is 1. The van der Waals surface area contributed by atoms with E-state index in [1.165, 1.54) is 6.20 Å². The molecule has 0 aliphatic rings. The van der Waals surface area contributed by atoms with Gasteiger partial charge < -0.3 is 10.0 Å². The van der Waals surface area contributed by atoms with Crippen molar-refractivity contribution in [1.82, 2.24) is 9.88 Å². The number of pyridine rings is 1. The normalized spacial score (nSPS) is 10.6.